The first-order valence-electron chi connectivity index (χ1n) is 6.35. The zero-order valence-electron chi connectivity index (χ0n) is 10.2. The number of aliphatic hydroxyl groups is 1. The van der Waals surface area contributed by atoms with Crippen LogP contribution in [0.1, 0.15) is 18.1 Å². The number of fused-ring (bicyclic) bond motifs is 1. The van der Waals surface area contributed by atoms with E-state index >= 15 is 0 Å². The molecule has 2 aromatic carbocycles. The van der Waals surface area contributed by atoms with Crippen molar-refractivity contribution in [2.24, 2.45) is 5.92 Å². The molecule has 0 bridgehead atoms. The zero-order chi connectivity index (χ0) is 12.4. The highest BCUT2D eigenvalue weighted by Crippen LogP contribution is 2.29. The monoisotopic (exact) mass is 236 g/mol. The Bertz CT molecular complexity index is 610. The van der Waals surface area contributed by atoms with Crippen LogP contribution in [0.2, 0.25) is 0 Å². The Kier molecular flexibility index (Phi) is 2.99. The Balaban J connectivity index is 1.93. The van der Waals surface area contributed by atoms with Gasteiger partial charge < -0.3 is 5.11 Å². The molecule has 2 aromatic rings. The molecule has 1 heteroatoms. The smallest absolute Gasteiger partial charge is 0.0855 e. The van der Waals surface area contributed by atoms with Gasteiger partial charge in [0.15, 0.2) is 0 Å². The predicted octanol–water partition coefficient (Wildman–Crippen LogP) is 4.01. The summed E-state index contributed by atoms with van der Waals surface area (Å²) < 4.78 is 0. The fourth-order valence-electron chi connectivity index (χ4n) is 2.47. The number of aliphatic hydroxyl groups excluding tert-OH is 1. The molecule has 0 aromatic heterocycles. The third-order valence-electron chi connectivity index (χ3n) is 3.53. The van der Waals surface area contributed by atoms with Gasteiger partial charge in [-0.2, -0.15) is 0 Å². The number of allylic oxidation sites excluding steroid dienone is 3. The third kappa shape index (κ3) is 2.09. The largest absolute Gasteiger partial charge is 0.388 e. The van der Waals surface area contributed by atoms with Gasteiger partial charge in [-0.1, -0.05) is 60.7 Å². The average Bonchev–Trinajstić information content (AvgIpc) is 2.47. The predicted molar refractivity (Wildman–Crippen MR) is 75.3 cm³/mol. The van der Waals surface area contributed by atoms with E-state index in [2.05, 4.69) is 36.4 Å². The molecule has 0 saturated heterocycles. The molecule has 1 aliphatic rings. The molecule has 0 aliphatic heterocycles. The van der Waals surface area contributed by atoms with Crippen LogP contribution < -0.4 is 0 Å². The zero-order valence-corrected chi connectivity index (χ0v) is 10.2. The molecule has 0 saturated carbocycles. The molecule has 0 radical (unpaired) electrons. The molecular weight excluding hydrogens is 220 g/mol. The van der Waals surface area contributed by atoms with Crippen LogP contribution >= 0.6 is 0 Å². The van der Waals surface area contributed by atoms with Gasteiger partial charge in [0, 0.05) is 5.92 Å². The van der Waals surface area contributed by atoms with Crippen molar-refractivity contribution in [3.8, 4) is 0 Å². The van der Waals surface area contributed by atoms with E-state index in [1.807, 2.05) is 30.4 Å². The first-order chi connectivity index (χ1) is 8.84. The second kappa shape index (κ2) is 4.79. The Hall–Kier alpha value is -1.86. The van der Waals surface area contributed by atoms with Crippen molar-refractivity contribution < 1.29 is 5.11 Å². The van der Waals surface area contributed by atoms with Gasteiger partial charge in [0.1, 0.15) is 0 Å². The van der Waals surface area contributed by atoms with Gasteiger partial charge in [0.05, 0.1) is 6.10 Å². The van der Waals surface area contributed by atoms with Gasteiger partial charge in [0.2, 0.25) is 0 Å². The van der Waals surface area contributed by atoms with Gasteiger partial charge in [-0.25, -0.2) is 0 Å². The van der Waals surface area contributed by atoms with Gasteiger partial charge >= 0.3 is 0 Å². The molecule has 1 aliphatic carbocycles. The topological polar surface area (TPSA) is 20.2 Å². The Morgan fingerprint density at radius 3 is 2.61 bits per heavy atom. The lowest BCUT2D eigenvalue weighted by atomic mass is 9.89. The summed E-state index contributed by atoms with van der Waals surface area (Å²) in [6.45, 7) is 0. The van der Waals surface area contributed by atoms with E-state index in [0.29, 0.717) is 0 Å². The highest BCUT2D eigenvalue weighted by Gasteiger charge is 2.18. The standard InChI is InChI=1S/C17H16O/c18-17(14-7-2-1-3-8-14)16-11-10-13-6-4-5-9-15(13)12-16/h1-7,9-12,14,17-18H,8H2/t14-,17-/m1/s1. The Morgan fingerprint density at radius 2 is 1.83 bits per heavy atom. The number of benzene rings is 2. The van der Waals surface area contributed by atoms with Crippen molar-refractivity contribution in [2.45, 2.75) is 12.5 Å². The van der Waals surface area contributed by atoms with Crippen LogP contribution in [0.3, 0.4) is 0 Å². The summed E-state index contributed by atoms with van der Waals surface area (Å²) in [6, 6.07) is 14.4. The summed E-state index contributed by atoms with van der Waals surface area (Å²) >= 11 is 0. The molecule has 0 amide bonds. The lowest BCUT2D eigenvalue weighted by Gasteiger charge is -2.20. The van der Waals surface area contributed by atoms with Crippen LogP contribution in [-0.4, -0.2) is 5.11 Å². The summed E-state index contributed by atoms with van der Waals surface area (Å²) in [7, 11) is 0. The number of hydrogen-bond acceptors (Lipinski definition) is 1. The van der Waals surface area contributed by atoms with Gasteiger partial charge in [-0.15, -0.1) is 0 Å². The molecule has 3 rings (SSSR count). The SMILES string of the molecule is O[C@@H](c1ccc2ccccc2c1)[C@@H]1C=CC=CC1. The fraction of sp³-hybridized carbons (Fsp3) is 0.176. The van der Waals surface area contributed by atoms with Crippen molar-refractivity contribution in [1.29, 1.82) is 0 Å². The van der Waals surface area contributed by atoms with E-state index in [9.17, 15) is 5.11 Å². The number of rotatable bonds is 2. The molecule has 0 unspecified atom stereocenters. The van der Waals surface area contributed by atoms with Gasteiger partial charge in [-0.3, -0.25) is 0 Å². The summed E-state index contributed by atoms with van der Waals surface area (Å²) in [5, 5.41) is 12.8. The third-order valence-corrected chi connectivity index (χ3v) is 3.53. The first-order valence-corrected chi connectivity index (χ1v) is 6.35. The Morgan fingerprint density at radius 1 is 1.00 bits per heavy atom. The molecule has 0 heterocycles. The summed E-state index contributed by atoms with van der Waals surface area (Å²) in [6.07, 6.45) is 8.72. The average molecular weight is 236 g/mol. The fourth-order valence-corrected chi connectivity index (χ4v) is 2.47. The molecule has 0 spiro atoms. The highest BCUT2D eigenvalue weighted by molar-refractivity contribution is 5.83. The van der Waals surface area contributed by atoms with Gasteiger partial charge in [0.25, 0.3) is 0 Å². The Labute approximate surface area is 107 Å². The summed E-state index contributed by atoms with van der Waals surface area (Å²) in [5.74, 6) is 0.191. The lowest BCUT2D eigenvalue weighted by Crippen LogP contribution is -2.10. The van der Waals surface area contributed by atoms with E-state index in [4.69, 9.17) is 0 Å². The molecule has 1 N–H and O–H groups in total. The maximum absolute atomic E-state index is 10.4. The first kappa shape index (κ1) is 11.2. The minimum absolute atomic E-state index is 0.191. The van der Waals surface area contributed by atoms with Gasteiger partial charge in [-0.05, 0) is 28.8 Å². The van der Waals surface area contributed by atoms with Crippen LogP contribution in [-0.2, 0) is 0 Å². The van der Waals surface area contributed by atoms with E-state index < -0.39 is 6.10 Å². The minimum Gasteiger partial charge on any atom is -0.388 e. The van der Waals surface area contributed by atoms with Crippen molar-refractivity contribution in [1.82, 2.24) is 0 Å². The van der Waals surface area contributed by atoms with Crippen molar-refractivity contribution >= 4 is 10.8 Å². The number of hydrogen-bond donors (Lipinski definition) is 1. The molecule has 2 atom stereocenters. The second-order valence-corrected chi connectivity index (χ2v) is 4.76. The maximum Gasteiger partial charge on any atom is 0.0855 e. The van der Waals surface area contributed by atoms with E-state index in [1.165, 1.54) is 10.8 Å². The van der Waals surface area contributed by atoms with Crippen LogP contribution in [0, 0.1) is 5.92 Å². The van der Waals surface area contributed by atoms with E-state index in [-0.39, 0.29) is 5.92 Å². The second-order valence-electron chi connectivity index (χ2n) is 4.76. The van der Waals surface area contributed by atoms with E-state index in [1.54, 1.807) is 0 Å². The molecule has 0 fully saturated rings. The van der Waals surface area contributed by atoms with Crippen LogP contribution in [0.25, 0.3) is 10.8 Å². The van der Waals surface area contributed by atoms with Crippen LogP contribution in [0.4, 0.5) is 0 Å². The van der Waals surface area contributed by atoms with Crippen molar-refractivity contribution in [3.63, 3.8) is 0 Å². The molecule has 1 nitrogen and oxygen atoms in total. The lowest BCUT2D eigenvalue weighted by molar-refractivity contribution is 0.132. The summed E-state index contributed by atoms with van der Waals surface area (Å²) in [5.41, 5.74) is 0.999. The normalized spacial score (nSPS) is 20.2. The molecular formula is C17H16O. The summed E-state index contributed by atoms with van der Waals surface area (Å²) in [4.78, 5) is 0. The van der Waals surface area contributed by atoms with Crippen LogP contribution in [0.5, 0.6) is 0 Å². The highest BCUT2D eigenvalue weighted by atomic mass is 16.3. The van der Waals surface area contributed by atoms with E-state index in [0.717, 1.165) is 12.0 Å². The molecule has 90 valence electrons. The quantitative estimate of drug-likeness (QED) is 0.835. The van der Waals surface area contributed by atoms with Crippen molar-refractivity contribution in [3.05, 3.63) is 72.3 Å². The minimum atomic E-state index is -0.421. The van der Waals surface area contributed by atoms with Crippen LogP contribution in [0.15, 0.2) is 66.8 Å². The van der Waals surface area contributed by atoms with Crippen molar-refractivity contribution in [2.75, 3.05) is 0 Å². The maximum atomic E-state index is 10.4. The molecule has 18 heavy (non-hydrogen) atoms.